The minimum Gasteiger partial charge on any atom is -0.481 e. The average Bonchev–Trinajstić information content (AvgIpc) is 3.26. The predicted molar refractivity (Wildman–Crippen MR) is 95.3 cm³/mol. The van der Waals surface area contributed by atoms with Crippen LogP contribution in [-0.2, 0) is 13.5 Å². The molecule has 3 rings (SSSR count). The zero-order valence-electron chi connectivity index (χ0n) is 15.3. The van der Waals surface area contributed by atoms with Gasteiger partial charge in [0, 0.05) is 7.05 Å². The van der Waals surface area contributed by atoms with E-state index in [0.717, 1.165) is 4.57 Å². The van der Waals surface area contributed by atoms with Gasteiger partial charge in [-0.25, -0.2) is 9.78 Å². The van der Waals surface area contributed by atoms with Gasteiger partial charge < -0.3 is 24.1 Å². The number of aromatic carboxylic acids is 1. The van der Waals surface area contributed by atoms with Gasteiger partial charge in [-0.05, 0) is 24.6 Å². The number of carboxylic acids is 1. The van der Waals surface area contributed by atoms with Crippen LogP contribution < -0.4 is 10.1 Å². The summed E-state index contributed by atoms with van der Waals surface area (Å²) in [5.74, 6) is -2.50. The Bertz CT molecular complexity index is 1070. The monoisotopic (exact) mass is 411 g/mol. The Morgan fingerprint density at radius 3 is 2.66 bits per heavy atom. The van der Waals surface area contributed by atoms with Crippen LogP contribution in [0.25, 0.3) is 11.0 Å². The number of aryl methyl sites for hydroxylation is 2. The topological polar surface area (TPSA) is 107 Å². The van der Waals surface area contributed by atoms with Crippen molar-refractivity contribution in [2.45, 2.75) is 19.5 Å². The lowest BCUT2D eigenvalue weighted by Crippen LogP contribution is -2.20. The molecule has 0 aliphatic carbocycles. The van der Waals surface area contributed by atoms with Crippen LogP contribution in [0.1, 0.15) is 33.7 Å². The summed E-state index contributed by atoms with van der Waals surface area (Å²) in [6, 6.07) is 4.31. The third-order valence-corrected chi connectivity index (χ3v) is 4.10. The van der Waals surface area contributed by atoms with Crippen LogP contribution >= 0.6 is 0 Å². The van der Waals surface area contributed by atoms with Gasteiger partial charge in [0.15, 0.2) is 23.8 Å². The Kier molecular flexibility index (Phi) is 5.23. The molecule has 8 nitrogen and oxygen atoms in total. The summed E-state index contributed by atoms with van der Waals surface area (Å²) < 4.78 is 48.9. The Hall–Kier alpha value is -3.50. The highest BCUT2D eigenvalue weighted by Crippen LogP contribution is 2.36. The van der Waals surface area contributed by atoms with Gasteiger partial charge in [-0.3, -0.25) is 4.79 Å². The van der Waals surface area contributed by atoms with Gasteiger partial charge in [0.25, 0.3) is 5.91 Å². The molecule has 0 fully saturated rings. The van der Waals surface area contributed by atoms with Gasteiger partial charge >= 0.3 is 12.1 Å². The fourth-order valence-corrected chi connectivity index (χ4v) is 2.86. The van der Waals surface area contributed by atoms with Crippen LogP contribution in [0.4, 0.5) is 18.9 Å². The first-order valence-electron chi connectivity index (χ1n) is 8.42. The van der Waals surface area contributed by atoms with E-state index < -0.39 is 36.1 Å². The van der Waals surface area contributed by atoms with E-state index in [2.05, 4.69) is 10.3 Å². The average molecular weight is 411 g/mol. The van der Waals surface area contributed by atoms with E-state index in [4.69, 9.17) is 9.15 Å². The van der Waals surface area contributed by atoms with Crippen molar-refractivity contribution in [1.29, 1.82) is 0 Å². The number of halogens is 3. The summed E-state index contributed by atoms with van der Waals surface area (Å²) in [6.07, 6.45) is -2.97. The number of alkyl halides is 3. The SMILES string of the molecule is CCc1nc2c(cc1NC(=O)c1ccco1)c(OCC(F)(F)F)c(C(=O)O)n2C. The van der Waals surface area contributed by atoms with Crippen LogP contribution in [0.2, 0.25) is 0 Å². The summed E-state index contributed by atoms with van der Waals surface area (Å²) >= 11 is 0. The number of hydrogen-bond acceptors (Lipinski definition) is 5. The van der Waals surface area contributed by atoms with Crippen LogP contribution in [0.5, 0.6) is 5.75 Å². The Morgan fingerprint density at radius 1 is 1.38 bits per heavy atom. The Labute approximate surface area is 161 Å². The molecule has 0 unspecified atom stereocenters. The van der Waals surface area contributed by atoms with Gasteiger partial charge in [-0.2, -0.15) is 13.2 Å². The second-order valence-electron chi connectivity index (χ2n) is 6.08. The molecule has 0 aliphatic heterocycles. The molecular weight excluding hydrogens is 395 g/mol. The van der Waals surface area contributed by atoms with Gasteiger partial charge in [-0.15, -0.1) is 0 Å². The number of amides is 1. The molecule has 0 aromatic carbocycles. The minimum atomic E-state index is -4.66. The molecule has 0 saturated heterocycles. The van der Waals surface area contributed by atoms with E-state index in [1.54, 1.807) is 6.92 Å². The van der Waals surface area contributed by atoms with Crippen LogP contribution in [0, 0.1) is 0 Å². The minimum absolute atomic E-state index is 0.0278. The summed E-state index contributed by atoms with van der Waals surface area (Å²) in [5, 5.41) is 12.1. The molecule has 0 aliphatic rings. The van der Waals surface area contributed by atoms with Crippen molar-refractivity contribution in [2.24, 2.45) is 7.05 Å². The predicted octanol–water partition coefficient (Wildman–Crippen LogP) is 3.62. The van der Waals surface area contributed by atoms with E-state index in [1.165, 1.54) is 31.5 Å². The third kappa shape index (κ3) is 4.03. The number of nitrogens with zero attached hydrogens (tertiary/aromatic N) is 2. The normalized spacial score (nSPS) is 11.6. The zero-order chi connectivity index (χ0) is 21.3. The Balaban J connectivity index is 2.13. The third-order valence-electron chi connectivity index (χ3n) is 4.10. The van der Waals surface area contributed by atoms with Crippen molar-refractivity contribution in [3.8, 4) is 5.75 Å². The molecule has 11 heteroatoms. The number of hydrogen-bond donors (Lipinski definition) is 2. The number of rotatable bonds is 6. The molecule has 29 heavy (non-hydrogen) atoms. The molecule has 3 heterocycles. The molecule has 3 aromatic heterocycles. The Morgan fingerprint density at radius 2 is 2.10 bits per heavy atom. The number of carbonyl (C=O) groups excluding carboxylic acids is 1. The summed E-state index contributed by atoms with van der Waals surface area (Å²) in [7, 11) is 1.36. The molecule has 154 valence electrons. The first kappa shape index (κ1) is 20.2. The maximum absolute atomic E-state index is 12.6. The maximum Gasteiger partial charge on any atom is 0.422 e. The van der Waals surface area contributed by atoms with Crippen LogP contribution in [-0.4, -0.2) is 39.3 Å². The first-order chi connectivity index (χ1) is 13.6. The quantitative estimate of drug-likeness (QED) is 0.642. The number of carbonyl (C=O) groups is 2. The van der Waals surface area contributed by atoms with Crippen molar-refractivity contribution in [1.82, 2.24) is 9.55 Å². The van der Waals surface area contributed by atoms with Crippen molar-refractivity contribution in [3.05, 3.63) is 41.6 Å². The molecule has 0 bridgehead atoms. The lowest BCUT2D eigenvalue weighted by molar-refractivity contribution is -0.153. The molecule has 2 N–H and O–H groups in total. The lowest BCUT2D eigenvalue weighted by Gasteiger charge is -2.11. The summed E-state index contributed by atoms with van der Waals surface area (Å²) in [6.45, 7) is 0.0921. The number of ether oxygens (including phenoxy) is 1. The van der Waals surface area contributed by atoms with Gasteiger partial charge in [-0.1, -0.05) is 6.92 Å². The number of anilines is 1. The molecular formula is C18H16F3N3O5. The second-order valence-corrected chi connectivity index (χ2v) is 6.08. The fraction of sp³-hybridized carbons (Fsp3) is 0.278. The van der Waals surface area contributed by atoms with Crippen LogP contribution in [0.15, 0.2) is 28.9 Å². The van der Waals surface area contributed by atoms with E-state index in [9.17, 15) is 27.9 Å². The van der Waals surface area contributed by atoms with E-state index >= 15 is 0 Å². The van der Waals surface area contributed by atoms with Crippen molar-refractivity contribution < 1.29 is 37.0 Å². The highest BCUT2D eigenvalue weighted by molar-refractivity contribution is 6.05. The van der Waals surface area contributed by atoms with E-state index in [-0.39, 0.29) is 22.5 Å². The zero-order valence-corrected chi connectivity index (χ0v) is 15.3. The fourth-order valence-electron chi connectivity index (χ4n) is 2.86. The lowest BCUT2D eigenvalue weighted by atomic mass is 10.2. The molecule has 1 amide bonds. The summed E-state index contributed by atoms with van der Waals surface area (Å²) in [5.41, 5.74) is 0.263. The van der Waals surface area contributed by atoms with E-state index in [0.29, 0.717) is 12.1 Å². The standard InChI is InChI=1S/C18H16F3N3O5/c1-3-10-11(23-16(25)12-5-4-6-28-12)7-9-14(29-8-18(19,20)21)13(17(26)27)24(2)15(9)22-10/h4-7H,3,8H2,1-2H3,(H,23,25)(H,26,27). The van der Waals surface area contributed by atoms with Crippen LogP contribution in [0.3, 0.4) is 0 Å². The largest absolute Gasteiger partial charge is 0.481 e. The van der Waals surface area contributed by atoms with E-state index in [1.807, 2.05) is 0 Å². The molecule has 0 radical (unpaired) electrons. The number of furan rings is 1. The van der Waals surface area contributed by atoms with Crippen molar-refractivity contribution in [2.75, 3.05) is 11.9 Å². The highest BCUT2D eigenvalue weighted by Gasteiger charge is 2.32. The number of carboxylic acid groups (broad SMARTS) is 1. The number of aromatic nitrogens is 2. The number of fused-ring (bicyclic) bond motifs is 1. The maximum atomic E-state index is 12.6. The molecule has 0 atom stereocenters. The molecule has 3 aromatic rings. The summed E-state index contributed by atoms with van der Waals surface area (Å²) in [4.78, 5) is 28.2. The highest BCUT2D eigenvalue weighted by atomic mass is 19.4. The first-order valence-corrected chi connectivity index (χ1v) is 8.42. The number of pyridine rings is 1. The molecule has 0 spiro atoms. The number of nitrogens with one attached hydrogen (secondary N) is 1. The smallest absolute Gasteiger partial charge is 0.422 e. The van der Waals surface area contributed by atoms with Crippen molar-refractivity contribution in [3.63, 3.8) is 0 Å². The molecule has 0 saturated carbocycles. The van der Waals surface area contributed by atoms with Gasteiger partial charge in [0.05, 0.1) is 23.0 Å². The van der Waals surface area contributed by atoms with Gasteiger partial charge in [0.2, 0.25) is 0 Å². The second kappa shape index (κ2) is 7.49. The van der Waals surface area contributed by atoms with Crippen molar-refractivity contribution >= 4 is 28.6 Å². The van der Waals surface area contributed by atoms with Gasteiger partial charge in [0.1, 0.15) is 5.65 Å².